The molecule has 2 aromatic heterocycles. The largest absolute Gasteiger partial charge is 0.378 e. The van der Waals surface area contributed by atoms with Gasteiger partial charge in [-0.25, -0.2) is 9.97 Å². The van der Waals surface area contributed by atoms with Crippen LogP contribution in [0.1, 0.15) is 24.0 Å². The van der Waals surface area contributed by atoms with Gasteiger partial charge < -0.3 is 21.1 Å². The van der Waals surface area contributed by atoms with Crippen LogP contribution in [0.4, 0.5) is 5.82 Å². The van der Waals surface area contributed by atoms with Crippen LogP contribution >= 0.6 is 37.2 Å². The van der Waals surface area contributed by atoms with Crippen molar-refractivity contribution in [3.63, 3.8) is 0 Å². The number of aromatic nitrogens is 3. The molecule has 0 amide bonds. The number of hydrogen-bond acceptors (Lipinski definition) is 6. The van der Waals surface area contributed by atoms with Crippen molar-refractivity contribution in [1.82, 2.24) is 20.3 Å². The number of hydrogen-bond donors (Lipinski definition) is 4. The van der Waals surface area contributed by atoms with E-state index in [1.807, 2.05) is 56.3 Å². The van der Waals surface area contributed by atoms with Crippen molar-refractivity contribution < 1.29 is 4.74 Å². The lowest BCUT2D eigenvalue weighted by Gasteiger charge is -2.14. The van der Waals surface area contributed by atoms with Gasteiger partial charge in [0.2, 0.25) is 0 Å². The molecule has 0 fully saturated rings. The second kappa shape index (κ2) is 15.2. The summed E-state index contributed by atoms with van der Waals surface area (Å²) >= 11 is 0. The first-order chi connectivity index (χ1) is 14.5. The molecule has 33 heavy (non-hydrogen) atoms. The van der Waals surface area contributed by atoms with Crippen LogP contribution in [-0.4, -0.2) is 46.7 Å². The van der Waals surface area contributed by atoms with E-state index in [2.05, 4.69) is 31.7 Å². The third-order valence-corrected chi connectivity index (χ3v) is 4.27. The van der Waals surface area contributed by atoms with Crippen LogP contribution in [0.3, 0.4) is 0 Å². The highest BCUT2D eigenvalue weighted by molar-refractivity contribution is 5.90. The van der Waals surface area contributed by atoms with Crippen molar-refractivity contribution in [2.75, 3.05) is 25.1 Å². The van der Waals surface area contributed by atoms with E-state index < -0.39 is 0 Å². The van der Waals surface area contributed by atoms with Crippen LogP contribution in [0, 0.1) is 12.3 Å². The van der Waals surface area contributed by atoms with E-state index >= 15 is 0 Å². The second-order valence-electron chi connectivity index (χ2n) is 7.00. The predicted octanol–water partition coefficient (Wildman–Crippen LogP) is 4.07. The Morgan fingerprint density at radius 1 is 1.15 bits per heavy atom. The summed E-state index contributed by atoms with van der Waals surface area (Å²) < 4.78 is 5.65. The van der Waals surface area contributed by atoms with Gasteiger partial charge in [-0.3, -0.25) is 10.4 Å². The zero-order valence-electron chi connectivity index (χ0n) is 18.4. The first kappa shape index (κ1) is 30.4. The number of nitrogens with two attached hydrogens (primary N) is 1. The molecule has 11 heteroatoms. The number of rotatable bonds is 9. The maximum absolute atomic E-state index is 7.23. The molecule has 1 unspecified atom stereocenters. The molecule has 1 aromatic carbocycles. The van der Waals surface area contributed by atoms with Crippen molar-refractivity contribution in [3.05, 3.63) is 59.7 Å². The number of halogens is 3. The second-order valence-corrected chi connectivity index (χ2v) is 7.00. The first-order valence-corrected chi connectivity index (χ1v) is 9.81. The van der Waals surface area contributed by atoms with Gasteiger partial charge in [-0.2, -0.15) is 0 Å². The first-order valence-electron chi connectivity index (χ1n) is 9.81. The summed E-state index contributed by atoms with van der Waals surface area (Å²) in [5.41, 5.74) is 8.19. The van der Waals surface area contributed by atoms with Crippen LogP contribution < -0.4 is 16.4 Å². The molecule has 0 aliphatic rings. The molecule has 0 aliphatic heterocycles. The number of fused-ring (bicyclic) bond motifs is 1. The monoisotopic (exact) mass is 513 g/mol. The van der Waals surface area contributed by atoms with Gasteiger partial charge in [0.25, 0.3) is 0 Å². The van der Waals surface area contributed by atoms with Crippen molar-refractivity contribution >= 4 is 72.1 Å². The summed E-state index contributed by atoms with van der Waals surface area (Å²) in [6, 6.07) is 11.8. The minimum atomic E-state index is -0.0571. The number of pyridine rings is 1. The van der Waals surface area contributed by atoms with E-state index in [9.17, 15) is 0 Å². The number of anilines is 1. The van der Waals surface area contributed by atoms with Gasteiger partial charge >= 0.3 is 0 Å². The molecular weight excluding hydrogens is 485 g/mol. The minimum Gasteiger partial charge on any atom is -0.378 e. The maximum atomic E-state index is 7.23. The SMILES string of the molecule is Cc1ccc2nc(C=Cc3ccccn3)nc(NCCOCC(C)NC(=N)N)c2c1.Cl.Cl.Cl. The molecule has 3 rings (SSSR count). The number of guanidine groups is 1. The third-order valence-electron chi connectivity index (χ3n) is 4.27. The van der Waals surface area contributed by atoms with E-state index in [0.29, 0.717) is 25.6 Å². The molecule has 180 valence electrons. The normalized spacial score (nSPS) is 11.1. The fourth-order valence-corrected chi connectivity index (χ4v) is 2.91. The molecule has 0 spiro atoms. The van der Waals surface area contributed by atoms with Gasteiger partial charge in [-0.05, 0) is 50.3 Å². The van der Waals surface area contributed by atoms with Crippen LogP contribution in [-0.2, 0) is 4.74 Å². The van der Waals surface area contributed by atoms with Gasteiger partial charge in [-0.15, -0.1) is 37.2 Å². The van der Waals surface area contributed by atoms with Crippen molar-refractivity contribution in [2.45, 2.75) is 19.9 Å². The van der Waals surface area contributed by atoms with Crippen LogP contribution in [0.2, 0.25) is 0 Å². The molecule has 3 aromatic rings. The molecule has 0 aliphatic carbocycles. The van der Waals surface area contributed by atoms with E-state index in [4.69, 9.17) is 15.9 Å². The van der Waals surface area contributed by atoms with Gasteiger partial charge in [0.15, 0.2) is 11.8 Å². The molecule has 8 nitrogen and oxygen atoms in total. The third kappa shape index (κ3) is 9.79. The summed E-state index contributed by atoms with van der Waals surface area (Å²) in [4.78, 5) is 13.6. The lowest BCUT2D eigenvalue weighted by Crippen LogP contribution is -2.40. The van der Waals surface area contributed by atoms with Crippen molar-refractivity contribution in [3.8, 4) is 0 Å². The van der Waals surface area contributed by atoms with Crippen molar-refractivity contribution in [1.29, 1.82) is 5.41 Å². The molecule has 0 saturated heterocycles. The molecule has 0 radical (unpaired) electrons. The highest BCUT2D eigenvalue weighted by Crippen LogP contribution is 2.22. The number of aryl methyl sites for hydroxylation is 1. The van der Waals surface area contributed by atoms with Crippen LogP contribution in [0.5, 0.6) is 0 Å². The lowest BCUT2D eigenvalue weighted by molar-refractivity contribution is 0.129. The zero-order valence-corrected chi connectivity index (χ0v) is 20.9. The summed E-state index contributed by atoms with van der Waals surface area (Å²) in [7, 11) is 0. The molecule has 0 saturated carbocycles. The Bertz CT molecular complexity index is 1040. The average molecular weight is 515 g/mol. The summed E-state index contributed by atoms with van der Waals surface area (Å²) in [6.07, 6.45) is 5.51. The topological polar surface area (TPSA) is 122 Å². The predicted molar refractivity (Wildman–Crippen MR) is 143 cm³/mol. The van der Waals surface area contributed by atoms with Gasteiger partial charge in [0.05, 0.1) is 24.4 Å². The van der Waals surface area contributed by atoms with E-state index in [1.54, 1.807) is 6.20 Å². The molecule has 1 atom stereocenters. The Morgan fingerprint density at radius 2 is 1.94 bits per heavy atom. The van der Waals surface area contributed by atoms with Crippen LogP contribution in [0.15, 0.2) is 42.6 Å². The summed E-state index contributed by atoms with van der Waals surface area (Å²) in [6.45, 7) is 5.51. The molecule has 2 heterocycles. The highest BCUT2D eigenvalue weighted by Gasteiger charge is 2.07. The quantitative estimate of drug-likeness (QED) is 0.193. The van der Waals surface area contributed by atoms with Crippen molar-refractivity contribution in [2.24, 2.45) is 5.73 Å². The maximum Gasteiger partial charge on any atom is 0.185 e. The standard InChI is InChI=1S/C22H27N7O.3ClH/c1-15-6-8-19-18(13-15)21(26-11-12-30-14-16(2)27-22(23)24)29-20(28-19)9-7-17-5-3-4-10-25-17;;;/h3-10,13,16H,11-12,14H2,1-2H3,(H4,23,24,27)(H,26,28,29);3*1H. The highest BCUT2D eigenvalue weighted by atomic mass is 35.5. The van der Waals surface area contributed by atoms with Gasteiger partial charge in [-0.1, -0.05) is 17.7 Å². The van der Waals surface area contributed by atoms with E-state index in [1.165, 1.54) is 0 Å². The Morgan fingerprint density at radius 3 is 2.64 bits per heavy atom. The Kier molecular flexibility index (Phi) is 14.0. The number of benzene rings is 1. The molecule has 5 N–H and O–H groups in total. The van der Waals surface area contributed by atoms with E-state index in [-0.39, 0.29) is 49.2 Å². The average Bonchev–Trinajstić information content (AvgIpc) is 2.72. The molecule has 0 bridgehead atoms. The number of nitrogens with zero attached hydrogens (tertiary/aromatic N) is 3. The Hall–Kier alpha value is -2.65. The zero-order chi connectivity index (χ0) is 21.3. The molecular formula is C22H30Cl3N7O. The van der Waals surface area contributed by atoms with Gasteiger partial charge in [0, 0.05) is 24.2 Å². The fraction of sp³-hybridized carbons (Fsp3) is 0.273. The lowest BCUT2D eigenvalue weighted by atomic mass is 10.1. The summed E-state index contributed by atoms with van der Waals surface area (Å²) in [5, 5.41) is 14.4. The van der Waals surface area contributed by atoms with Crippen LogP contribution in [0.25, 0.3) is 23.1 Å². The summed E-state index contributed by atoms with van der Waals surface area (Å²) in [5.74, 6) is 1.32. The Balaban J connectivity index is 0.00000341. The number of nitrogens with one attached hydrogen (secondary N) is 3. The smallest absolute Gasteiger partial charge is 0.185 e. The van der Waals surface area contributed by atoms with E-state index in [0.717, 1.165) is 28.0 Å². The number of ether oxygens (including phenoxy) is 1. The van der Waals surface area contributed by atoms with Gasteiger partial charge in [0.1, 0.15) is 5.82 Å². The minimum absolute atomic E-state index is 0. The fourth-order valence-electron chi connectivity index (χ4n) is 2.91. The Labute approximate surface area is 212 Å².